The monoisotopic (exact) mass is 327 g/mol. The third-order valence-electron chi connectivity index (χ3n) is 3.25. The molecule has 3 rings (SSSR count). The number of hydrogen-bond donors (Lipinski definition) is 1. The van der Waals surface area contributed by atoms with E-state index < -0.39 is 5.60 Å². The molecular weight excluding hydrogens is 313 g/mol. The maximum atomic E-state index is 14.3. The lowest BCUT2D eigenvalue weighted by Crippen LogP contribution is -2.27. The summed E-state index contributed by atoms with van der Waals surface area (Å²) in [5.74, 6) is 0.0216. The lowest BCUT2D eigenvalue weighted by molar-refractivity contribution is 0.0584. The Balaban J connectivity index is 2.22. The second-order valence-electron chi connectivity index (χ2n) is 5.79. The summed E-state index contributed by atoms with van der Waals surface area (Å²) < 4.78 is 16.4. The van der Waals surface area contributed by atoms with Crippen LogP contribution in [-0.2, 0) is 6.54 Å². The van der Waals surface area contributed by atoms with Crippen molar-refractivity contribution in [3.8, 4) is 0 Å². The topological polar surface area (TPSA) is 50.9 Å². The van der Waals surface area contributed by atoms with Crippen molar-refractivity contribution in [3.63, 3.8) is 0 Å². The smallest absolute Gasteiger partial charge is 0.143 e. The minimum absolute atomic E-state index is 0.228. The Kier molecular flexibility index (Phi) is 2.90. The number of aliphatic hydroxyl groups is 1. The lowest BCUT2D eigenvalue weighted by atomic mass is 10.1. The summed E-state index contributed by atoms with van der Waals surface area (Å²) in [6.07, 6.45) is 1.99. The fourth-order valence-corrected chi connectivity index (χ4v) is 2.77. The van der Waals surface area contributed by atoms with Crippen molar-refractivity contribution in [1.29, 1.82) is 0 Å². The van der Waals surface area contributed by atoms with Crippen LogP contribution in [0.5, 0.6) is 0 Å². The predicted octanol–water partition coefficient (Wildman–Crippen LogP) is 2.98. The van der Waals surface area contributed by atoms with Crippen molar-refractivity contribution in [2.24, 2.45) is 0 Å². The van der Waals surface area contributed by atoms with Crippen LogP contribution in [0.25, 0.3) is 11.0 Å². The minimum Gasteiger partial charge on any atom is -0.389 e. The zero-order valence-corrected chi connectivity index (χ0v) is 12.4. The molecule has 19 heavy (non-hydrogen) atoms. The summed E-state index contributed by atoms with van der Waals surface area (Å²) in [4.78, 5) is 0. The Bertz CT molecular complexity index is 643. The van der Waals surface area contributed by atoms with Crippen LogP contribution in [0.1, 0.15) is 38.2 Å². The molecule has 1 aliphatic rings. The molecule has 0 radical (unpaired) electrons. The van der Waals surface area contributed by atoms with Gasteiger partial charge in [-0.15, -0.1) is 5.10 Å². The molecule has 6 heteroatoms. The van der Waals surface area contributed by atoms with Crippen molar-refractivity contribution < 1.29 is 9.50 Å². The molecule has 1 N–H and O–H groups in total. The molecule has 1 fully saturated rings. The first kappa shape index (κ1) is 13.0. The largest absolute Gasteiger partial charge is 0.389 e. The third kappa shape index (κ3) is 2.39. The SMILES string of the molecule is CC(C)(O)Cn1nnc2cc(Br)c(F)c(C3CC3)c21. The van der Waals surface area contributed by atoms with E-state index in [2.05, 4.69) is 26.2 Å². The normalized spacial score (nSPS) is 16.3. The van der Waals surface area contributed by atoms with E-state index in [9.17, 15) is 9.50 Å². The molecule has 2 aromatic rings. The van der Waals surface area contributed by atoms with Gasteiger partial charge in [-0.05, 0) is 54.6 Å². The highest BCUT2D eigenvalue weighted by atomic mass is 79.9. The lowest BCUT2D eigenvalue weighted by Gasteiger charge is -2.18. The second kappa shape index (κ2) is 4.24. The van der Waals surface area contributed by atoms with Crippen molar-refractivity contribution in [1.82, 2.24) is 15.0 Å². The molecule has 0 spiro atoms. The van der Waals surface area contributed by atoms with Gasteiger partial charge in [-0.25, -0.2) is 9.07 Å². The highest BCUT2D eigenvalue weighted by Gasteiger charge is 2.32. The Hall–Kier alpha value is -1.01. The van der Waals surface area contributed by atoms with Gasteiger partial charge in [0.2, 0.25) is 0 Å². The van der Waals surface area contributed by atoms with Gasteiger partial charge in [0.05, 0.1) is 22.1 Å². The molecule has 0 saturated heterocycles. The molecule has 0 amide bonds. The van der Waals surface area contributed by atoms with E-state index in [-0.39, 0.29) is 11.7 Å². The molecular formula is C13H15BrFN3O. The average Bonchev–Trinajstić information content (AvgIpc) is 3.04. The van der Waals surface area contributed by atoms with E-state index in [1.165, 1.54) is 0 Å². The summed E-state index contributed by atoms with van der Waals surface area (Å²) in [6, 6.07) is 1.64. The third-order valence-corrected chi connectivity index (χ3v) is 3.83. The van der Waals surface area contributed by atoms with Crippen LogP contribution in [0, 0.1) is 5.82 Å². The first-order valence-electron chi connectivity index (χ1n) is 6.30. The van der Waals surface area contributed by atoms with Gasteiger partial charge in [-0.3, -0.25) is 0 Å². The van der Waals surface area contributed by atoms with E-state index in [0.717, 1.165) is 12.8 Å². The van der Waals surface area contributed by atoms with Crippen LogP contribution in [0.4, 0.5) is 4.39 Å². The zero-order chi connectivity index (χ0) is 13.8. The molecule has 0 atom stereocenters. The van der Waals surface area contributed by atoms with Crippen LogP contribution in [0.2, 0.25) is 0 Å². The van der Waals surface area contributed by atoms with Gasteiger partial charge < -0.3 is 5.11 Å². The number of rotatable bonds is 3. The fraction of sp³-hybridized carbons (Fsp3) is 0.538. The molecule has 102 valence electrons. The van der Waals surface area contributed by atoms with Gasteiger partial charge in [0.1, 0.15) is 11.3 Å². The Morgan fingerprint density at radius 2 is 2.21 bits per heavy atom. The van der Waals surface area contributed by atoms with Gasteiger partial charge in [0, 0.05) is 5.56 Å². The standard InChI is InChI=1S/C13H15BrFN3O/c1-13(2,19)6-18-12-9(16-17-18)5-8(14)11(15)10(12)7-3-4-7/h5,7,19H,3-4,6H2,1-2H3. The second-order valence-corrected chi connectivity index (χ2v) is 6.64. The van der Waals surface area contributed by atoms with Crippen LogP contribution in [0.3, 0.4) is 0 Å². The zero-order valence-electron chi connectivity index (χ0n) is 10.8. The number of nitrogens with zero attached hydrogens (tertiary/aromatic N) is 3. The molecule has 1 aromatic heterocycles. The van der Waals surface area contributed by atoms with Gasteiger partial charge in [-0.1, -0.05) is 5.21 Å². The quantitative estimate of drug-likeness (QED) is 0.942. The van der Waals surface area contributed by atoms with Crippen LogP contribution >= 0.6 is 15.9 Å². The molecule has 1 aromatic carbocycles. The Labute approximate surface area is 118 Å². The van der Waals surface area contributed by atoms with Crippen molar-refractivity contribution in [3.05, 3.63) is 21.9 Å². The summed E-state index contributed by atoms with van der Waals surface area (Å²) in [7, 11) is 0. The van der Waals surface area contributed by atoms with Gasteiger partial charge in [0.25, 0.3) is 0 Å². The minimum atomic E-state index is -0.912. The molecule has 0 aliphatic heterocycles. The average molecular weight is 328 g/mol. The maximum absolute atomic E-state index is 14.3. The number of halogens is 2. The van der Waals surface area contributed by atoms with E-state index in [0.29, 0.717) is 27.6 Å². The summed E-state index contributed by atoms with van der Waals surface area (Å²) in [5.41, 5.74) is 1.15. The number of hydrogen-bond acceptors (Lipinski definition) is 3. The van der Waals surface area contributed by atoms with Crippen molar-refractivity contribution in [2.45, 2.75) is 44.8 Å². The summed E-state index contributed by atoms with van der Waals surface area (Å²) >= 11 is 3.23. The van der Waals surface area contributed by atoms with Gasteiger partial charge in [-0.2, -0.15) is 0 Å². The maximum Gasteiger partial charge on any atom is 0.143 e. The first-order valence-corrected chi connectivity index (χ1v) is 7.09. The molecule has 1 aliphatic carbocycles. The van der Waals surface area contributed by atoms with Crippen molar-refractivity contribution in [2.75, 3.05) is 0 Å². The van der Waals surface area contributed by atoms with E-state index >= 15 is 0 Å². The molecule has 1 saturated carbocycles. The molecule has 1 heterocycles. The van der Waals surface area contributed by atoms with Gasteiger partial charge >= 0.3 is 0 Å². The highest BCUT2D eigenvalue weighted by molar-refractivity contribution is 9.10. The van der Waals surface area contributed by atoms with Crippen molar-refractivity contribution >= 4 is 27.0 Å². The number of aromatic nitrogens is 3. The van der Waals surface area contributed by atoms with Crippen LogP contribution < -0.4 is 0 Å². The van der Waals surface area contributed by atoms with E-state index in [1.54, 1.807) is 24.6 Å². The molecule has 0 bridgehead atoms. The van der Waals surface area contributed by atoms with Crippen LogP contribution in [0.15, 0.2) is 10.5 Å². The summed E-state index contributed by atoms with van der Waals surface area (Å²) in [6.45, 7) is 3.70. The number of benzene rings is 1. The van der Waals surface area contributed by atoms with E-state index in [1.807, 2.05) is 0 Å². The first-order chi connectivity index (χ1) is 8.87. The summed E-state index contributed by atoms with van der Waals surface area (Å²) in [5, 5.41) is 18.1. The predicted molar refractivity (Wildman–Crippen MR) is 73.5 cm³/mol. The van der Waals surface area contributed by atoms with E-state index in [4.69, 9.17) is 0 Å². The highest BCUT2D eigenvalue weighted by Crippen LogP contribution is 2.45. The van der Waals surface area contributed by atoms with Crippen LogP contribution in [-0.4, -0.2) is 25.7 Å². The Morgan fingerprint density at radius 3 is 2.79 bits per heavy atom. The Morgan fingerprint density at radius 1 is 1.53 bits per heavy atom. The molecule has 0 unspecified atom stereocenters. The molecule has 4 nitrogen and oxygen atoms in total. The number of fused-ring (bicyclic) bond motifs is 1. The van der Waals surface area contributed by atoms with Gasteiger partial charge in [0.15, 0.2) is 0 Å². The fourth-order valence-electron chi connectivity index (χ4n) is 2.34.